The lowest BCUT2D eigenvalue weighted by Gasteiger charge is -2.13. The molecule has 0 aromatic carbocycles. The minimum absolute atomic E-state index is 0.0124. The molecule has 0 saturated carbocycles. The first-order chi connectivity index (χ1) is 7.41. The van der Waals surface area contributed by atoms with Crippen LogP contribution in [0.25, 0.3) is 0 Å². The van der Waals surface area contributed by atoms with Gasteiger partial charge in [-0.2, -0.15) is 0 Å². The number of amides is 1. The molecule has 1 rings (SSSR count). The quantitative estimate of drug-likeness (QED) is 0.748. The number of carbonyl (C=O) groups is 1. The topological polar surface area (TPSA) is 85.8 Å². The number of aromatic nitrogens is 3. The van der Waals surface area contributed by atoms with Gasteiger partial charge in [0.2, 0.25) is 11.9 Å². The molecule has 7 heteroatoms. The minimum atomic E-state index is -0.218. The van der Waals surface area contributed by atoms with Crippen LogP contribution < -0.4 is 11.1 Å². The number of nitrogens with zero attached hydrogens (tertiary/aromatic N) is 3. The Morgan fingerprint density at radius 3 is 2.50 bits per heavy atom. The Labute approximate surface area is 99.0 Å². The molecular weight excluding hydrogens is 226 g/mol. The standard InChI is InChI=1S/C9H17N5OS/c1-5(2)11-7(15)6(3)16-9-13-12-8(10)14(9)4/h5-6H,1-4H3,(H2,10,12)(H,11,15). The largest absolute Gasteiger partial charge is 0.368 e. The zero-order valence-electron chi connectivity index (χ0n) is 9.89. The van der Waals surface area contributed by atoms with Crippen molar-refractivity contribution in [3.05, 3.63) is 0 Å². The maximum Gasteiger partial charge on any atom is 0.233 e. The zero-order valence-corrected chi connectivity index (χ0v) is 10.7. The molecule has 1 unspecified atom stereocenters. The van der Waals surface area contributed by atoms with E-state index >= 15 is 0 Å². The molecule has 1 atom stereocenters. The molecule has 0 bridgehead atoms. The summed E-state index contributed by atoms with van der Waals surface area (Å²) < 4.78 is 1.66. The van der Waals surface area contributed by atoms with E-state index < -0.39 is 0 Å². The van der Waals surface area contributed by atoms with Crippen LogP contribution in [0.3, 0.4) is 0 Å². The number of nitrogens with one attached hydrogen (secondary N) is 1. The highest BCUT2D eigenvalue weighted by atomic mass is 32.2. The van der Waals surface area contributed by atoms with Crippen molar-refractivity contribution in [1.29, 1.82) is 0 Å². The molecule has 0 saturated heterocycles. The number of anilines is 1. The number of rotatable bonds is 4. The number of hydrogen-bond donors (Lipinski definition) is 2. The molecule has 0 aliphatic carbocycles. The predicted octanol–water partition coefficient (Wildman–Crippen LogP) is 0.402. The molecule has 0 fully saturated rings. The predicted molar refractivity (Wildman–Crippen MR) is 64.0 cm³/mol. The fourth-order valence-corrected chi connectivity index (χ4v) is 1.87. The minimum Gasteiger partial charge on any atom is -0.368 e. The number of thioether (sulfide) groups is 1. The zero-order chi connectivity index (χ0) is 12.3. The summed E-state index contributed by atoms with van der Waals surface area (Å²) >= 11 is 1.34. The van der Waals surface area contributed by atoms with E-state index in [9.17, 15) is 4.79 Å². The average molecular weight is 243 g/mol. The molecule has 1 amide bonds. The monoisotopic (exact) mass is 243 g/mol. The second-order valence-electron chi connectivity index (χ2n) is 3.82. The lowest BCUT2D eigenvalue weighted by atomic mass is 10.3. The van der Waals surface area contributed by atoms with Gasteiger partial charge >= 0.3 is 0 Å². The van der Waals surface area contributed by atoms with Crippen molar-refractivity contribution in [3.63, 3.8) is 0 Å². The van der Waals surface area contributed by atoms with Gasteiger partial charge in [0.25, 0.3) is 0 Å². The van der Waals surface area contributed by atoms with E-state index in [0.29, 0.717) is 11.1 Å². The molecule has 90 valence electrons. The van der Waals surface area contributed by atoms with E-state index in [1.165, 1.54) is 11.8 Å². The fourth-order valence-electron chi connectivity index (χ4n) is 1.04. The number of hydrogen-bond acceptors (Lipinski definition) is 5. The number of carbonyl (C=O) groups excluding carboxylic acids is 1. The van der Waals surface area contributed by atoms with Crippen LogP contribution in [-0.2, 0) is 11.8 Å². The summed E-state index contributed by atoms with van der Waals surface area (Å²) in [7, 11) is 1.77. The van der Waals surface area contributed by atoms with E-state index in [2.05, 4.69) is 15.5 Å². The van der Waals surface area contributed by atoms with Crippen LogP contribution in [0.1, 0.15) is 20.8 Å². The van der Waals surface area contributed by atoms with Gasteiger partial charge in [0.05, 0.1) is 5.25 Å². The van der Waals surface area contributed by atoms with Gasteiger partial charge in [0.15, 0.2) is 5.16 Å². The van der Waals surface area contributed by atoms with E-state index in [4.69, 9.17) is 5.73 Å². The number of nitrogen functional groups attached to an aromatic ring is 1. The van der Waals surface area contributed by atoms with Crippen LogP contribution in [0.4, 0.5) is 5.95 Å². The Hall–Kier alpha value is -1.24. The van der Waals surface area contributed by atoms with Crippen molar-refractivity contribution in [2.45, 2.75) is 37.2 Å². The van der Waals surface area contributed by atoms with Gasteiger partial charge in [-0.05, 0) is 20.8 Å². The van der Waals surface area contributed by atoms with Gasteiger partial charge in [-0.3, -0.25) is 9.36 Å². The highest BCUT2D eigenvalue weighted by molar-refractivity contribution is 8.00. The molecular formula is C9H17N5OS. The van der Waals surface area contributed by atoms with E-state index in [1.807, 2.05) is 20.8 Å². The molecule has 1 aromatic rings. The van der Waals surface area contributed by atoms with Crippen molar-refractivity contribution in [1.82, 2.24) is 20.1 Å². The summed E-state index contributed by atoms with van der Waals surface area (Å²) in [4.78, 5) is 11.7. The lowest BCUT2D eigenvalue weighted by molar-refractivity contribution is -0.120. The third kappa shape index (κ3) is 3.13. The number of nitrogens with two attached hydrogens (primary N) is 1. The Morgan fingerprint density at radius 1 is 1.44 bits per heavy atom. The average Bonchev–Trinajstić information content (AvgIpc) is 2.48. The van der Waals surface area contributed by atoms with Crippen molar-refractivity contribution in [3.8, 4) is 0 Å². The van der Waals surface area contributed by atoms with Gasteiger partial charge in [0, 0.05) is 13.1 Å². The van der Waals surface area contributed by atoms with Crippen LogP contribution in [0.5, 0.6) is 0 Å². The molecule has 16 heavy (non-hydrogen) atoms. The van der Waals surface area contributed by atoms with E-state index in [1.54, 1.807) is 11.6 Å². The van der Waals surface area contributed by atoms with Gasteiger partial charge in [-0.15, -0.1) is 10.2 Å². The molecule has 0 spiro atoms. The van der Waals surface area contributed by atoms with Crippen molar-refractivity contribution < 1.29 is 4.79 Å². The van der Waals surface area contributed by atoms with Gasteiger partial charge in [-0.25, -0.2) is 0 Å². The first-order valence-corrected chi connectivity index (χ1v) is 5.91. The molecule has 0 radical (unpaired) electrons. The second kappa shape index (κ2) is 5.20. The molecule has 1 heterocycles. The highest BCUT2D eigenvalue weighted by Gasteiger charge is 2.18. The summed E-state index contributed by atoms with van der Waals surface area (Å²) in [5, 5.41) is 10.9. The Morgan fingerprint density at radius 2 is 2.06 bits per heavy atom. The summed E-state index contributed by atoms with van der Waals surface area (Å²) in [5.74, 6) is 0.334. The molecule has 0 aliphatic rings. The normalized spacial score (nSPS) is 12.8. The molecule has 6 nitrogen and oxygen atoms in total. The van der Waals surface area contributed by atoms with E-state index in [-0.39, 0.29) is 17.2 Å². The highest BCUT2D eigenvalue weighted by Crippen LogP contribution is 2.21. The summed E-state index contributed by atoms with van der Waals surface area (Å²) in [6.45, 7) is 5.68. The maximum absolute atomic E-state index is 11.7. The van der Waals surface area contributed by atoms with Gasteiger partial charge in [0.1, 0.15) is 0 Å². The van der Waals surface area contributed by atoms with Crippen LogP contribution in [0.2, 0.25) is 0 Å². The van der Waals surface area contributed by atoms with Gasteiger partial charge < -0.3 is 11.1 Å². The lowest BCUT2D eigenvalue weighted by Crippen LogP contribution is -2.36. The smallest absolute Gasteiger partial charge is 0.233 e. The molecule has 0 aliphatic heterocycles. The third-order valence-corrected chi connectivity index (χ3v) is 3.08. The SMILES string of the molecule is CC(C)NC(=O)C(C)Sc1nnc(N)n1C. The fraction of sp³-hybridized carbons (Fsp3) is 0.667. The van der Waals surface area contributed by atoms with Crippen LogP contribution >= 0.6 is 11.8 Å². The summed E-state index contributed by atoms with van der Waals surface area (Å²) in [6, 6.07) is 0.139. The second-order valence-corrected chi connectivity index (χ2v) is 5.13. The van der Waals surface area contributed by atoms with Crippen molar-refractivity contribution in [2.75, 3.05) is 5.73 Å². The third-order valence-electron chi connectivity index (χ3n) is 1.95. The van der Waals surface area contributed by atoms with Crippen LogP contribution in [-0.4, -0.2) is 32.0 Å². The van der Waals surface area contributed by atoms with Gasteiger partial charge in [-0.1, -0.05) is 11.8 Å². The van der Waals surface area contributed by atoms with Crippen molar-refractivity contribution >= 4 is 23.6 Å². The van der Waals surface area contributed by atoms with Crippen LogP contribution in [0.15, 0.2) is 5.16 Å². The first-order valence-electron chi connectivity index (χ1n) is 5.03. The Bertz CT molecular complexity index is 376. The summed E-state index contributed by atoms with van der Waals surface area (Å²) in [6.07, 6.45) is 0. The van der Waals surface area contributed by atoms with Crippen molar-refractivity contribution in [2.24, 2.45) is 7.05 Å². The Balaban J connectivity index is 2.61. The molecule has 3 N–H and O–H groups in total. The Kier molecular flexibility index (Phi) is 4.17. The van der Waals surface area contributed by atoms with E-state index in [0.717, 1.165) is 0 Å². The molecule has 1 aromatic heterocycles. The first kappa shape index (κ1) is 12.8. The van der Waals surface area contributed by atoms with Crippen LogP contribution in [0, 0.1) is 0 Å². The summed E-state index contributed by atoms with van der Waals surface area (Å²) in [5.41, 5.74) is 5.55. The maximum atomic E-state index is 11.7.